The van der Waals surface area contributed by atoms with Crippen molar-refractivity contribution in [1.29, 1.82) is 0 Å². The van der Waals surface area contributed by atoms with E-state index in [0.29, 0.717) is 0 Å². The van der Waals surface area contributed by atoms with E-state index in [-0.39, 0.29) is 6.04 Å². The normalized spacial score (nSPS) is 12.6. The Morgan fingerprint density at radius 3 is 2.86 bits per heavy atom. The largest absolute Gasteiger partial charge is 0.310 e. The first-order valence-corrected chi connectivity index (χ1v) is 8.37. The molecule has 0 saturated heterocycles. The molecule has 0 aliphatic carbocycles. The lowest BCUT2D eigenvalue weighted by atomic mass is 10.0. The Morgan fingerprint density at radius 2 is 2.19 bits per heavy atom. The molecule has 1 atom stereocenters. The minimum absolute atomic E-state index is 0.198. The number of nitrogens with zero attached hydrogens (tertiary/aromatic N) is 3. The van der Waals surface area contributed by atoms with Crippen molar-refractivity contribution in [2.75, 3.05) is 6.54 Å². The predicted octanol–water partition coefficient (Wildman–Crippen LogP) is 4.00. The number of rotatable bonds is 7. The fraction of sp³-hybridized carbons (Fsp3) is 0.467. The molecule has 0 aliphatic rings. The molecule has 0 radical (unpaired) electrons. The highest BCUT2D eigenvalue weighted by Gasteiger charge is 2.16. The lowest BCUT2D eigenvalue weighted by Gasteiger charge is -2.19. The first-order chi connectivity index (χ1) is 10.2. The van der Waals surface area contributed by atoms with Crippen LogP contribution in [0.5, 0.6) is 0 Å². The molecule has 1 aromatic carbocycles. The van der Waals surface area contributed by atoms with Gasteiger partial charge in [-0.2, -0.15) is 5.10 Å². The standard InChI is InChI=1S/C15H20BrClN4/c1-3-7-21-15(19-10-20-21)9-14(18-4-2)11-5-6-13(17)12(16)8-11/h5-6,8,10,14,18H,3-4,7,9H2,1-2H3. The molecule has 1 heterocycles. The maximum Gasteiger partial charge on any atom is 0.138 e. The Bertz CT molecular complexity index is 585. The second-order valence-electron chi connectivity index (χ2n) is 4.89. The molecule has 0 amide bonds. The topological polar surface area (TPSA) is 42.7 Å². The summed E-state index contributed by atoms with van der Waals surface area (Å²) in [5.41, 5.74) is 1.19. The quantitative estimate of drug-likeness (QED) is 0.800. The van der Waals surface area contributed by atoms with E-state index in [1.54, 1.807) is 6.33 Å². The molecule has 21 heavy (non-hydrogen) atoms. The molecule has 2 rings (SSSR count). The minimum Gasteiger partial charge on any atom is -0.310 e. The number of hydrogen-bond donors (Lipinski definition) is 1. The third kappa shape index (κ3) is 4.28. The van der Waals surface area contributed by atoms with Gasteiger partial charge in [0.1, 0.15) is 12.2 Å². The molecule has 1 aromatic heterocycles. The Morgan fingerprint density at radius 1 is 1.38 bits per heavy atom. The highest BCUT2D eigenvalue weighted by atomic mass is 79.9. The monoisotopic (exact) mass is 370 g/mol. The van der Waals surface area contributed by atoms with Crippen LogP contribution >= 0.6 is 27.5 Å². The number of benzene rings is 1. The van der Waals surface area contributed by atoms with Gasteiger partial charge in [-0.15, -0.1) is 0 Å². The van der Waals surface area contributed by atoms with E-state index in [1.165, 1.54) is 5.56 Å². The van der Waals surface area contributed by atoms with Crippen LogP contribution in [0.15, 0.2) is 29.0 Å². The van der Waals surface area contributed by atoms with Crippen molar-refractivity contribution in [2.24, 2.45) is 0 Å². The Kier molecular flexibility index (Phi) is 6.21. The predicted molar refractivity (Wildman–Crippen MR) is 89.6 cm³/mol. The van der Waals surface area contributed by atoms with Crippen LogP contribution in [0.4, 0.5) is 0 Å². The van der Waals surface area contributed by atoms with Gasteiger partial charge < -0.3 is 5.32 Å². The molecule has 0 spiro atoms. The second-order valence-corrected chi connectivity index (χ2v) is 6.15. The van der Waals surface area contributed by atoms with Crippen LogP contribution in [0, 0.1) is 0 Å². The van der Waals surface area contributed by atoms with Gasteiger partial charge in [0.25, 0.3) is 0 Å². The lowest BCUT2D eigenvalue weighted by molar-refractivity contribution is 0.498. The third-order valence-electron chi connectivity index (χ3n) is 3.31. The molecule has 6 heteroatoms. The third-order valence-corrected chi connectivity index (χ3v) is 4.53. The van der Waals surface area contributed by atoms with E-state index in [0.717, 1.165) is 41.3 Å². The van der Waals surface area contributed by atoms with Gasteiger partial charge in [0.2, 0.25) is 0 Å². The van der Waals surface area contributed by atoms with Crippen molar-refractivity contribution in [3.05, 3.63) is 45.4 Å². The van der Waals surface area contributed by atoms with Gasteiger partial charge >= 0.3 is 0 Å². The first-order valence-electron chi connectivity index (χ1n) is 7.20. The number of aryl methyl sites for hydroxylation is 1. The SMILES string of the molecule is CCCn1ncnc1CC(NCC)c1ccc(Cl)c(Br)c1. The van der Waals surface area contributed by atoms with Crippen LogP contribution in [0.25, 0.3) is 0 Å². The molecule has 4 nitrogen and oxygen atoms in total. The van der Waals surface area contributed by atoms with Crippen molar-refractivity contribution >= 4 is 27.5 Å². The van der Waals surface area contributed by atoms with Crippen LogP contribution in [0.3, 0.4) is 0 Å². The van der Waals surface area contributed by atoms with Gasteiger partial charge in [-0.05, 0) is 46.6 Å². The Balaban J connectivity index is 2.22. The van der Waals surface area contributed by atoms with Crippen molar-refractivity contribution in [3.63, 3.8) is 0 Å². The number of nitrogens with one attached hydrogen (secondary N) is 1. The molecular weight excluding hydrogens is 352 g/mol. The van der Waals surface area contributed by atoms with Crippen LogP contribution in [-0.2, 0) is 13.0 Å². The lowest BCUT2D eigenvalue weighted by Crippen LogP contribution is -2.24. The average Bonchev–Trinajstić information content (AvgIpc) is 2.89. The molecular formula is C15H20BrClN4. The van der Waals surface area contributed by atoms with Crippen LogP contribution in [0.2, 0.25) is 5.02 Å². The van der Waals surface area contributed by atoms with Gasteiger partial charge in [0.05, 0.1) is 5.02 Å². The zero-order chi connectivity index (χ0) is 15.2. The summed E-state index contributed by atoms with van der Waals surface area (Å²) in [6.45, 7) is 6.05. The Hall–Kier alpha value is -0.910. The van der Waals surface area contributed by atoms with E-state index >= 15 is 0 Å². The van der Waals surface area contributed by atoms with Crippen molar-refractivity contribution in [2.45, 2.75) is 39.3 Å². The fourth-order valence-corrected chi connectivity index (χ4v) is 2.82. The van der Waals surface area contributed by atoms with Crippen LogP contribution in [0.1, 0.15) is 37.7 Å². The molecule has 0 bridgehead atoms. The van der Waals surface area contributed by atoms with Crippen molar-refractivity contribution in [1.82, 2.24) is 20.1 Å². The molecule has 0 fully saturated rings. The summed E-state index contributed by atoms with van der Waals surface area (Å²) in [7, 11) is 0. The van der Waals surface area contributed by atoms with Gasteiger partial charge in [-0.3, -0.25) is 4.68 Å². The molecule has 0 aliphatic heterocycles. The molecule has 1 unspecified atom stereocenters. The maximum atomic E-state index is 6.08. The van der Waals surface area contributed by atoms with Crippen LogP contribution < -0.4 is 5.32 Å². The summed E-state index contributed by atoms with van der Waals surface area (Å²) in [5.74, 6) is 1.01. The molecule has 0 saturated carbocycles. The minimum atomic E-state index is 0.198. The highest BCUT2D eigenvalue weighted by molar-refractivity contribution is 9.10. The molecule has 2 aromatic rings. The maximum absolute atomic E-state index is 6.08. The van der Waals surface area contributed by atoms with Crippen molar-refractivity contribution < 1.29 is 0 Å². The van der Waals surface area contributed by atoms with Gasteiger partial charge in [-0.25, -0.2) is 4.98 Å². The summed E-state index contributed by atoms with van der Waals surface area (Å²) in [4.78, 5) is 4.40. The highest BCUT2D eigenvalue weighted by Crippen LogP contribution is 2.27. The number of aromatic nitrogens is 3. The average molecular weight is 372 g/mol. The van der Waals surface area contributed by atoms with Gasteiger partial charge in [-0.1, -0.05) is 31.5 Å². The number of hydrogen-bond acceptors (Lipinski definition) is 3. The number of halogens is 2. The van der Waals surface area contributed by atoms with Gasteiger partial charge in [0, 0.05) is 23.5 Å². The smallest absolute Gasteiger partial charge is 0.138 e. The first kappa shape index (κ1) is 16.5. The Labute approximate surface area is 139 Å². The summed E-state index contributed by atoms with van der Waals surface area (Å²) < 4.78 is 2.90. The summed E-state index contributed by atoms with van der Waals surface area (Å²) >= 11 is 9.57. The zero-order valence-corrected chi connectivity index (χ0v) is 14.7. The van der Waals surface area contributed by atoms with E-state index in [2.05, 4.69) is 57.3 Å². The van der Waals surface area contributed by atoms with E-state index in [1.807, 2.05) is 10.7 Å². The number of likely N-dealkylation sites (N-methyl/N-ethyl adjacent to an activating group) is 1. The summed E-state index contributed by atoms with van der Waals surface area (Å²) in [6.07, 6.45) is 3.49. The van der Waals surface area contributed by atoms with E-state index < -0.39 is 0 Å². The van der Waals surface area contributed by atoms with Crippen LogP contribution in [-0.4, -0.2) is 21.3 Å². The van der Waals surface area contributed by atoms with E-state index in [9.17, 15) is 0 Å². The second kappa shape index (κ2) is 7.92. The molecule has 1 N–H and O–H groups in total. The van der Waals surface area contributed by atoms with Gasteiger partial charge in [0.15, 0.2) is 0 Å². The molecule has 114 valence electrons. The summed E-state index contributed by atoms with van der Waals surface area (Å²) in [6, 6.07) is 6.24. The zero-order valence-electron chi connectivity index (χ0n) is 12.3. The fourth-order valence-electron chi connectivity index (χ4n) is 2.31. The van der Waals surface area contributed by atoms with Crippen molar-refractivity contribution in [3.8, 4) is 0 Å². The van der Waals surface area contributed by atoms with E-state index in [4.69, 9.17) is 11.6 Å². The summed E-state index contributed by atoms with van der Waals surface area (Å²) in [5, 5.41) is 8.53.